The van der Waals surface area contributed by atoms with Gasteiger partial charge in [-0.15, -0.1) is 0 Å². The first kappa shape index (κ1) is 18.7. The molecule has 1 saturated heterocycles. The van der Waals surface area contributed by atoms with Gasteiger partial charge in [-0.05, 0) is 69.8 Å². The Morgan fingerprint density at radius 2 is 1.96 bits per heavy atom. The first-order chi connectivity index (χ1) is 11.2. The van der Waals surface area contributed by atoms with Crippen LogP contribution in [0.25, 0.3) is 0 Å². The van der Waals surface area contributed by atoms with Crippen molar-refractivity contribution < 1.29 is 14.2 Å². The molecule has 0 N–H and O–H groups in total. The summed E-state index contributed by atoms with van der Waals surface area (Å²) in [4.78, 5) is 0. The van der Waals surface area contributed by atoms with Crippen LogP contribution in [0.5, 0.6) is 0 Å². The van der Waals surface area contributed by atoms with Crippen molar-refractivity contribution in [2.24, 2.45) is 5.92 Å². The molecule has 3 atom stereocenters. The zero-order valence-electron chi connectivity index (χ0n) is 15.2. The van der Waals surface area contributed by atoms with E-state index in [0.717, 1.165) is 38.9 Å². The number of hydrogen-bond donors (Lipinski definition) is 0. The third-order valence-electron chi connectivity index (χ3n) is 5.25. The number of allylic oxidation sites excluding steroid dienone is 2. The number of methoxy groups -OCH3 is 1. The molecule has 0 aromatic carbocycles. The second-order valence-corrected chi connectivity index (χ2v) is 6.88. The lowest BCUT2D eigenvalue weighted by Crippen LogP contribution is -2.23. The van der Waals surface area contributed by atoms with Crippen LogP contribution in [0.1, 0.15) is 65.2 Å². The largest absolute Gasteiger partial charge is 0.377 e. The van der Waals surface area contributed by atoms with Gasteiger partial charge in [-0.25, -0.2) is 0 Å². The Balaban J connectivity index is 1.64. The second kappa shape index (κ2) is 10.3. The highest BCUT2D eigenvalue weighted by atomic mass is 16.7. The molecule has 1 aliphatic heterocycles. The minimum atomic E-state index is 0.0381. The standard InChI is InChI=1S/C20H34O3/c1-16-12-13-19(21-3)18(17(16)2)10-6-4-5-8-14-22-20-11-7-9-15-23-20/h4-5,16,19-20H,6-15H2,1-3H3/b5-4-/t16-,19-,20?/m1/s1. The molecule has 0 radical (unpaired) electrons. The zero-order chi connectivity index (χ0) is 16.5. The fourth-order valence-electron chi connectivity index (χ4n) is 3.57. The van der Waals surface area contributed by atoms with Gasteiger partial charge < -0.3 is 14.2 Å². The molecule has 2 aliphatic rings. The van der Waals surface area contributed by atoms with E-state index < -0.39 is 0 Å². The summed E-state index contributed by atoms with van der Waals surface area (Å²) in [5, 5.41) is 0. The Labute approximate surface area is 142 Å². The molecule has 0 bridgehead atoms. The van der Waals surface area contributed by atoms with Crippen LogP contribution in [0.15, 0.2) is 23.3 Å². The van der Waals surface area contributed by atoms with Crippen LogP contribution in [-0.2, 0) is 14.2 Å². The lowest BCUT2D eigenvalue weighted by atomic mass is 9.81. The van der Waals surface area contributed by atoms with E-state index in [1.54, 1.807) is 5.57 Å². The van der Waals surface area contributed by atoms with E-state index in [-0.39, 0.29) is 6.29 Å². The Morgan fingerprint density at radius 3 is 2.70 bits per heavy atom. The first-order valence-electron chi connectivity index (χ1n) is 9.33. The molecule has 0 aromatic rings. The molecule has 1 heterocycles. The van der Waals surface area contributed by atoms with Crippen LogP contribution in [0.3, 0.4) is 0 Å². The van der Waals surface area contributed by atoms with E-state index in [1.165, 1.54) is 31.3 Å². The van der Waals surface area contributed by atoms with Gasteiger partial charge in [0.1, 0.15) is 0 Å². The van der Waals surface area contributed by atoms with Gasteiger partial charge in [0, 0.05) is 13.7 Å². The van der Waals surface area contributed by atoms with Crippen molar-refractivity contribution in [1.29, 1.82) is 0 Å². The minimum Gasteiger partial charge on any atom is -0.377 e. The van der Waals surface area contributed by atoms with Crippen molar-refractivity contribution in [1.82, 2.24) is 0 Å². The van der Waals surface area contributed by atoms with Crippen LogP contribution in [0.2, 0.25) is 0 Å². The maximum atomic E-state index is 5.74. The maximum Gasteiger partial charge on any atom is 0.157 e. The highest BCUT2D eigenvalue weighted by molar-refractivity contribution is 5.22. The SMILES string of the molecule is CO[C@@H]1CC[C@@H](C)C(C)=C1CC/C=C\CCOC1CCCCO1. The third-order valence-corrected chi connectivity index (χ3v) is 5.25. The van der Waals surface area contributed by atoms with Gasteiger partial charge in [-0.2, -0.15) is 0 Å². The van der Waals surface area contributed by atoms with E-state index >= 15 is 0 Å². The molecule has 0 spiro atoms. The van der Waals surface area contributed by atoms with E-state index in [9.17, 15) is 0 Å². The summed E-state index contributed by atoms with van der Waals surface area (Å²) in [6, 6.07) is 0. The van der Waals surface area contributed by atoms with Crippen LogP contribution in [-0.4, -0.2) is 32.7 Å². The Morgan fingerprint density at radius 1 is 1.13 bits per heavy atom. The Bertz CT molecular complexity index is 394. The van der Waals surface area contributed by atoms with Crippen molar-refractivity contribution in [2.45, 2.75) is 77.6 Å². The minimum absolute atomic E-state index is 0.0381. The van der Waals surface area contributed by atoms with E-state index in [4.69, 9.17) is 14.2 Å². The predicted octanol–water partition coefficient (Wildman–Crippen LogP) is 5.02. The zero-order valence-corrected chi connectivity index (χ0v) is 15.2. The predicted molar refractivity (Wildman–Crippen MR) is 94.4 cm³/mol. The lowest BCUT2D eigenvalue weighted by Gasteiger charge is -2.30. The molecule has 0 saturated carbocycles. The molecule has 2 rings (SSSR count). The van der Waals surface area contributed by atoms with Gasteiger partial charge in [0.25, 0.3) is 0 Å². The lowest BCUT2D eigenvalue weighted by molar-refractivity contribution is -0.161. The summed E-state index contributed by atoms with van der Waals surface area (Å²) in [5.41, 5.74) is 3.08. The summed E-state index contributed by atoms with van der Waals surface area (Å²) in [6.07, 6.45) is 14.0. The monoisotopic (exact) mass is 322 g/mol. The number of hydrogen-bond acceptors (Lipinski definition) is 3. The molecule has 1 unspecified atom stereocenters. The average molecular weight is 322 g/mol. The van der Waals surface area contributed by atoms with Crippen molar-refractivity contribution in [3.8, 4) is 0 Å². The van der Waals surface area contributed by atoms with E-state index in [1.807, 2.05) is 7.11 Å². The Hall–Kier alpha value is -0.640. The average Bonchev–Trinajstić information content (AvgIpc) is 2.58. The molecular weight excluding hydrogens is 288 g/mol. The molecule has 23 heavy (non-hydrogen) atoms. The molecule has 3 heteroatoms. The van der Waals surface area contributed by atoms with Gasteiger partial charge in [0.2, 0.25) is 0 Å². The van der Waals surface area contributed by atoms with Crippen LogP contribution in [0.4, 0.5) is 0 Å². The van der Waals surface area contributed by atoms with Gasteiger partial charge >= 0.3 is 0 Å². The van der Waals surface area contributed by atoms with Crippen molar-refractivity contribution in [3.63, 3.8) is 0 Å². The first-order valence-corrected chi connectivity index (χ1v) is 9.33. The van der Waals surface area contributed by atoms with Gasteiger partial charge in [-0.3, -0.25) is 0 Å². The van der Waals surface area contributed by atoms with Crippen LogP contribution < -0.4 is 0 Å². The molecule has 1 fully saturated rings. The van der Waals surface area contributed by atoms with Gasteiger partial charge in [-0.1, -0.05) is 24.6 Å². The molecule has 0 aromatic heterocycles. The summed E-state index contributed by atoms with van der Waals surface area (Å²) in [5.74, 6) is 0.712. The summed E-state index contributed by atoms with van der Waals surface area (Å²) in [6.45, 7) is 6.24. The van der Waals surface area contributed by atoms with E-state index in [2.05, 4.69) is 26.0 Å². The Kier molecular flexibility index (Phi) is 8.35. The van der Waals surface area contributed by atoms with Crippen molar-refractivity contribution in [2.75, 3.05) is 20.3 Å². The molecule has 3 nitrogen and oxygen atoms in total. The highest BCUT2D eigenvalue weighted by Crippen LogP contribution is 2.33. The maximum absolute atomic E-state index is 5.74. The summed E-state index contributed by atoms with van der Waals surface area (Å²) < 4.78 is 17.0. The smallest absolute Gasteiger partial charge is 0.157 e. The third kappa shape index (κ3) is 6.06. The van der Waals surface area contributed by atoms with Crippen molar-refractivity contribution >= 4 is 0 Å². The quantitative estimate of drug-likeness (QED) is 0.464. The fraction of sp³-hybridized carbons (Fsp3) is 0.800. The normalized spacial score (nSPS) is 29.4. The summed E-state index contributed by atoms with van der Waals surface area (Å²) >= 11 is 0. The van der Waals surface area contributed by atoms with Gasteiger partial charge in [0.05, 0.1) is 12.7 Å². The number of ether oxygens (including phenoxy) is 3. The second-order valence-electron chi connectivity index (χ2n) is 6.88. The molecule has 0 amide bonds. The number of rotatable bonds is 8. The molecule has 132 valence electrons. The fourth-order valence-corrected chi connectivity index (χ4v) is 3.57. The molecular formula is C20H34O3. The highest BCUT2D eigenvalue weighted by Gasteiger charge is 2.24. The molecule has 1 aliphatic carbocycles. The van der Waals surface area contributed by atoms with E-state index in [0.29, 0.717) is 12.0 Å². The topological polar surface area (TPSA) is 27.7 Å². The van der Waals surface area contributed by atoms with Gasteiger partial charge in [0.15, 0.2) is 6.29 Å². The van der Waals surface area contributed by atoms with Crippen LogP contribution in [0, 0.1) is 5.92 Å². The van der Waals surface area contributed by atoms with Crippen LogP contribution >= 0.6 is 0 Å². The van der Waals surface area contributed by atoms with Crippen molar-refractivity contribution in [3.05, 3.63) is 23.3 Å². The summed E-state index contributed by atoms with van der Waals surface area (Å²) in [7, 11) is 1.84.